The summed E-state index contributed by atoms with van der Waals surface area (Å²) in [5, 5.41) is 6.43. The summed E-state index contributed by atoms with van der Waals surface area (Å²) in [5.74, 6) is 0.242. The predicted molar refractivity (Wildman–Crippen MR) is 129 cm³/mol. The molecular weight excluding hydrogens is 454 g/mol. The van der Waals surface area contributed by atoms with E-state index >= 15 is 0 Å². The number of anilines is 2. The fourth-order valence-electron chi connectivity index (χ4n) is 4.98. The topological polar surface area (TPSA) is 104 Å². The molecule has 1 atom stereocenters. The molecule has 1 saturated heterocycles. The van der Waals surface area contributed by atoms with Gasteiger partial charge in [-0.1, -0.05) is 30.2 Å². The van der Waals surface area contributed by atoms with Gasteiger partial charge < -0.3 is 19.9 Å². The maximum atomic E-state index is 13.3. The van der Waals surface area contributed by atoms with Crippen LogP contribution in [0.4, 0.5) is 15.6 Å². The molecule has 3 heterocycles. The molecule has 34 heavy (non-hydrogen) atoms. The summed E-state index contributed by atoms with van der Waals surface area (Å²) in [6.07, 6.45) is 5.21. The second kappa shape index (κ2) is 9.61. The van der Waals surface area contributed by atoms with Crippen molar-refractivity contribution in [1.82, 2.24) is 15.2 Å². The normalized spacial score (nSPS) is 20.4. The Morgan fingerprint density at radius 3 is 2.85 bits per heavy atom. The Morgan fingerprint density at radius 2 is 2.06 bits per heavy atom. The fraction of sp³-hybridized carbons (Fsp3) is 0.500. The molecule has 5 rings (SSSR count). The molecule has 4 amide bonds. The highest BCUT2D eigenvalue weighted by molar-refractivity contribution is 7.15. The molecule has 2 aliphatic heterocycles. The molecule has 0 spiro atoms. The molecule has 2 N–H and O–H groups in total. The van der Waals surface area contributed by atoms with Gasteiger partial charge in [-0.05, 0) is 25.0 Å². The second-order valence-corrected chi connectivity index (χ2v) is 10.2. The van der Waals surface area contributed by atoms with E-state index < -0.39 is 0 Å². The van der Waals surface area contributed by atoms with Crippen molar-refractivity contribution in [3.63, 3.8) is 0 Å². The first-order valence-electron chi connectivity index (χ1n) is 11.8. The van der Waals surface area contributed by atoms with Gasteiger partial charge in [-0.2, -0.15) is 0 Å². The number of nitrogens with zero attached hydrogens (tertiary/aromatic N) is 3. The van der Waals surface area contributed by atoms with Crippen molar-refractivity contribution in [2.75, 3.05) is 30.4 Å². The summed E-state index contributed by atoms with van der Waals surface area (Å²) in [7, 11) is 1.59. The fourth-order valence-corrected chi connectivity index (χ4v) is 6.00. The number of amides is 4. The van der Waals surface area contributed by atoms with Crippen molar-refractivity contribution in [3.8, 4) is 5.75 Å². The highest BCUT2D eigenvalue weighted by Crippen LogP contribution is 2.32. The van der Waals surface area contributed by atoms with Gasteiger partial charge >= 0.3 is 6.03 Å². The van der Waals surface area contributed by atoms with Crippen LogP contribution in [0.3, 0.4) is 0 Å². The van der Waals surface area contributed by atoms with E-state index in [4.69, 9.17) is 4.74 Å². The first-order valence-corrected chi connectivity index (χ1v) is 12.6. The number of hydrogen-bond acceptors (Lipinski definition) is 6. The van der Waals surface area contributed by atoms with Crippen LogP contribution in [0.5, 0.6) is 5.75 Å². The highest BCUT2D eigenvalue weighted by atomic mass is 32.1. The van der Waals surface area contributed by atoms with Crippen molar-refractivity contribution in [2.45, 2.75) is 51.1 Å². The molecule has 1 aromatic carbocycles. The molecular formula is C24H29N5O4S. The number of carbonyl (C=O) groups excluding carboxylic acids is 3. The number of ether oxygens (including phenoxy) is 1. The number of fused-ring (bicyclic) bond motifs is 1. The van der Waals surface area contributed by atoms with Gasteiger partial charge in [0.1, 0.15) is 5.75 Å². The SMILES string of the molecule is COc1cccc(N2CC(C(=O)N3CCc4nc(NC(=O)NC5CCCC5)sc4C3)CC2=O)c1. The van der Waals surface area contributed by atoms with E-state index in [0.29, 0.717) is 36.9 Å². The minimum absolute atomic E-state index is 0.00807. The van der Waals surface area contributed by atoms with E-state index in [-0.39, 0.29) is 36.2 Å². The van der Waals surface area contributed by atoms with Crippen LogP contribution in [-0.4, -0.2) is 54.0 Å². The molecule has 180 valence electrons. The summed E-state index contributed by atoms with van der Waals surface area (Å²) in [6, 6.07) is 7.36. The highest BCUT2D eigenvalue weighted by Gasteiger charge is 2.38. The van der Waals surface area contributed by atoms with Crippen LogP contribution in [0.15, 0.2) is 24.3 Å². The number of benzene rings is 1. The minimum atomic E-state index is -0.372. The van der Waals surface area contributed by atoms with Crippen LogP contribution in [0.25, 0.3) is 0 Å². The Balaban J connectivity index is 1.20. The molecule has 1 aromatic heterocycles. The van der Waals surface area contributed by atoms with E-state index in [9.17, 15) is 14.4 Å². The van der Waals surface area contributed by atoms with Gasteiger partial charge in [0.25, 0.3) is 0 Å². The average molecular weight is 484 g/mol. The number of aromatic nitrogens is 1. The molecule has 0 radical (unpaired) electrons. The molecule has 1 saturated carbocycles. The van der Waals surface area contributed by atoms with Gasteiger partial charge in [0.05, 0.1) is 25.3 Å². The lowest BCUT2D eigenvalue weighted by atomic mass is 10.1. The van der Waals surface area contributed by atoms with Gasteiger partial charge in [-0.15, -0.1) is 0 Å². The van der Waals surface area contributed by atoms with Crippen LogP contribution < -0.4 is 20.3 Å². The lowest BCUT2D eigenvalue weighted by Gasteiger charge is -2.28. The third-order valence-corrected chi connectivity index (χ3v) is 7.79. The first kappa shape index (κ1) is 22.6. The molecule has 3 aliphatic rings. The number of hydrogen-bond donors (Lipinski definition) is 2. The Hall–Kier alpha value is -3.14. The maximum absolute atomic E-state index is 13.3. The smallest absolute Gasteiger partial charge is 0.321 e. The Morgan fingerprint density at radius 1 is 1.24 bits per heavy atom. The van der Waals surface area contributed by atoms with Gasteiger partial charge in [-0.25, -0.2) is 9.78 Å². The van der Waals surface area contributed by atoms with E-state index in [2.05, 4.69) is 15.6 Å². The first-order chi connectivity index (χ1) is 16.5. The largest absolute Gasteiger partial charge is 0.497 e. The number of carbonyl (C=O) groups is 3. The Bertz CT molecular complexity index is 1100. The number of urea groups is 1. The second-order valence-electron chi connectivity index (χ2n) is 9.09. The Kier molecular flexibility index (Phi) is 6.40. The zero-order chi connectivity index (χ0) is 23.7. The Labute approximate surface area is 202 Å². The van der Waals surface area contributed by atoms with Gasteiger partial charge in [0, 0.05) is 48.6 Å². The molecule has 2 aromatic rings. The number of rotatable bonds is 5. The molecule has 9 nitrogen and oxygen atoms in total. The average Bonchev–Trinajstić information content (AvgIpc) is 3.57. The standard InChI is InChI=1S/C24H29N5O4S/c1-33-18-8-4-7-17(12-18)29-13-15(11-21(29)30)22(31)28-10-9-19-20(14-28)34-24(26-19)27-23(32)25-16-5-2-3-6-16/h4,7-8,12,15-16H,2-3,5-6,9-11,13-14H2,1H3,(H2,25,26,27,32). The number of methoxy groups -OCH3 is 1. The third-order valence-electron chi connectivity index (χ3n) is 6.79. The summed E-state index contributed by atoms with van der Waals surface area (Å²) in [6.45, 7) is 1.39. The van der Waals surface area contributed by atoms with Crippen molar-refractivity contribution in [3.05, 3.63) is 34.8 Å². The quantitative estimate of drug-likeness (QED) is 0.680. The molecule has 2 fully saturated rings. The van der Waals surface area contributed by atoms with E-state index in [1.807, 2.05) is 29.2 Å². The number of thiazole rings is 1. The van der Waals surface area contributed by atoms with Crippen molar-refractivity contribution in [1.29, 1.82) is 0 Å². The summed E-state index contributed by atoms with van der Waals surface area (Å²) in [4.78, 5) is 47.2. The summed E-state index contributed by atoms with van der Waals surface area (Å²) >= 11 is 1.42. The van der Waals surface area contributed by atoms with Crippen molar-refractivity contribution in [2.24, 2.45) is 5.92 Å². The summed E-state index contributed by atoms with van der Waals surface area (Å²) in [5.41, 5.74) is 1.68. The van der Waals surface area contributed by atoms with Gasteiger partial charge in [0.15, 0.2) is 5.13 Å². The summed E-state index contributed by atoms with van der Waals surface area (Å²) < 4.78 is 5.26. The predicted octanol–water partition coefficient (Wildman–Crippen LogP) is 3.15. The lowest BCUT2D eigenvalue weighted by molar-refractivity contribution is -0.136. The molecule has 1 unspecified atom stereocenters. The zero-order valence-corrected chi connectivity index (χ0v) is 20.0. The third kappa shape index (κ3) is 4.72. The van der Waals surface area contributed by atoms with Crippen LogP contribution in [0.1, 0.15) is 42.7 Å². The van der Waals surface area contributed by atoms with E-state index in [1.165, 1.54) is 11.3 Å². The zero-order valence-electron chi connectivity index (χ0n) is 19.2. The lowest BCUT2D eigenvalue weighted by Crippen LogP contribution is -2.40. The minimum Gasteiger partial charge on any atom is -0.497 e. The van der Waals surface area contributed by atoms with Crippen molar-refractivity contribution >= 4 is 40.0 Å². The molecule has 0 bridgehead atoms. The molecule has 1 aliphatic carbocycles. The van der Waals surface area contributed by atoms with Crippen LogP contribution in [0.2, 0.25) is 0 Å². The molecule has 10 heteroatoms. The van der Waals surface area contributed by atoms with E-state index in [1.54, 1.807) is 12.0 Å². The van der Waals surface area contributed by atoms with Crippen LogP contribution in [-0.2, 0) is 22.6 Å². The van der Waals surface area contributed by atoms with Crippen LogP contribution >= 0.6 is 11.3 Å². The maximum Gasteiger partial charge on any atom is 0.321 e. The number of nitrogens with one attached hydrogen (secondary N) is 2. The van der Waals surface area contributed by atoms with Crippen molar-refractivity contribution < 1.29 is 19.1 Å². The van der Waals surface area contributed by atoms with Gasteiger partial charge in [-0.3, -0.25) is 14.9 Å². The monoisotopic (exact) mass is 483 g/mol. The van der Waals surface area contributed by atoms with E-state index in [0.717, 1.165) is 41.9 Å². The van der Waals surface area contributed by atoms with Gasteiger partial charge in [0.2, 0.25) is 11.8 Å². The van der Waals surface area contributed by atoms with Crippen LogP contribution in [0, 0.1) is 5.92 Å².